The molecule has 0 saturated carbocycles. The van der Waals surface area contributed by atoms with Crippen LogP contribution in [0, 0.1) is 6.92 Å². The van der Waals surface area contributed by atoms with Crippen molar-refractivity contribution in [2.45, 2.75) is 11.9 Å². The van der Waals surface area contributed by atoms with Crippen LogP contribution in [0.5, 0.6) is 0 Å². The Bertz CT molecular complexity index is 900. The highest BCUT2D eigenvalue weighted by molar-refractivity contribution is 7.92. The summed E-state index contributed by atoms with van der Waals surface area (Å²) in [6.07, 6.45) is 7.82. The number of pyridine rings is 1. The van der Waals surface area contributed by atoms with Crippen LogP contribution in [0.2, 0.25) is 0 Å². The van der Waals surface area contributed by atoms with Gasteiger partial charge in [0.15, 0.2) is 5.03 Å². The van der Waals surface area contributed by atoms with E-state index in [0.29, 0.717) is 5.56 Å². The van der Waals surface area contributed by atoms with Gasteiger partial charge in [-0.2, -0.15) is 13.5 Å². The van der Waals surface area contributed by atoms with E-state index in [1.54, 1.807) is 44.7 Å². The van der Waals surface area contributed by atoms with Crippen molar-refractivity contribution < 1.29 is 8.42 Å². The van der Waals surface area contributed by atoms with Crippen molar-refractivity contribution in [2.24, 2.45) is 7.05 Å². The summed E-state index contributed by atoms with van der Waals surface area (Å²) >= 11 is 0. The molecule has 118 valence electrons. The number of rotatable bonds is 4. The van der Waals surface area contributed by atoms with Crippen molar-refractivity contribution in [1.82, 2.24) is 24.7 Å². The minimum absolute atomic E-state index is 0.111. The van der Waals surface area contributed by atoms with Crippen LogP contribution >= 0.6 is 0 Å². The number of aromatic nitrogens is 5. The quantitative estimate of drug-likeness (QED) is 0.775. The number of anilines is 1. The molecule has 0 aliphatic carbocycles. The molecule has 0 aromatic carbocycles. The summed E-state index contributed by atoms with van der Waals surface area (Å²) in [6, 6.07) is 3.34. The molecule has 0 atom stereocenters. The lowest BCUT2D eigenvalue weighted by Gasteiger charge is -2.09. The van der Waals surface area contributed by atoms with E-state index in [-0.39, 0.29) is 10.8 Å². The monoisotopic (exact) mass is 330 g/mol. The van der Waals surface area contributed by atoms with E-state index in [9.17, 15) is 8.42 Å². The molecule has 3 aromatic heterocycles. The Balaban J connectivity index is 1.87. The van der Waals surface area contributed by atoms with Gasteiger partial charge in [-0.15, -0.1) is 0 Å². The Kier molecular flexibility index (Phi) is 3.78. The second kappa shape index (κ2) is 5.76. The number of nitrogens with zero attached hydrogens (tertiary/aromatic N) is 5. The maximum Gasteiger partial charge on any atom is 0.280 e. The maximum absolute atomic E-state index is 12.4. The minimum atomic E-state index is -3.75. The molecule has 3 rings (SSSR count). The molecule has 23 heavy (non-hydrogen) atoms. The van der Waals surface area contributed by atoms with E-state index >= 15 is 0 Å². The highest BCUT2D eigenvalue weighted by Gasteiger charge is 2.21. The lowest BCUT2D eigenvalue weighted by atomic mass is 10.1. The average Bonchev–Trinajstić information content (AvgIpc) is 2.88. The van der Waals surface area contributed by atoms with Crippen LogP contribution in [0.25, 0.3) is 11.1 Å². The fraction of sp³-hybridized carbons (Fsp3) is 0.143. The molecule has 0 spiro atoms. The van der Waals surface area contributed by atoms with Gasteiger partial charge in [0.2, 0.25) is 0 Å². The fourth-order valence-corrected chi connectivity index (χ4v) is 3.55. The van der Waals surface area contributed by atoms with Crippen LogP contribution in [0.4, 0.5) is 5.82 Å². The number of sulfonamides is 1. The molecule has 1 N–H and O–H groups in total. The molecule has 3 heterocycles. The minimum Gasteiger partial charge on any atom is -0.262 e. The van der Waals surface area contributed by atoms with Crippen molar-refractivity contribution in [3.63, 3.8) is 0 Å². The van der Waals surface area contributed by atoms with Gasteiger partial charge in [0, 0.05) is 42.3 Å². The van der Waals surface area contributed by atoms with Gasteiger partial charge in [-0.3, -0.25) is 9.40 Å². The number of nitrogens with one attached hydrogen (secondary N) is 1. The van der Waals surface area contributed by atoms with Crippen LogP contribution in [0.1, 0.15) is 5.56 Å². The Morgan fingerprint density at radius 1 is 1.04 bits per heavy atom. The number of hydrogen-bond acceptors (Lipinski definition) is 6. The van der Waals surface area contributed by atoms with Crippen LogP contribution < -0.4 is 4.72 Å². The van der Waals surface area contributed by atoms with E-state index in [1.807, 2.05) is 0 Å². The summed E-state index contributed by atoms with van der Waals surface area (Å²) in [5, 5.41) is 4.05. The summed E-state index contributed by atoms with van der Waals surface area (Å²) < 4.78 is 28.6. The molecule has 0 aliphatic heterocycles. The molecule has 0 bridgehead atoms. The lowest BCUT2D eigenvalue weighted by Crippen LogP contribution is -2.18. The predicted octanol–water partition coefficient (Wildman–Crippen LogP) is 1.38. The highest BCUT2D eigenvalue weighted by Crippen LogP contribution is 2.20. The molecule has 8 nitrogen and oxygen atoms in total. The Hall–Kier alpha value is -2.81. The molecule has 3 aromatic rings. The van der Waals surface area contributed by atoms with E-state index in [0.717, 1.165) is 11.1 Å². The predicted molar refractivity (Wildman–Crippen MR) is 84.0 cm³/mol. The van der Waals surface area contributed by atoms with Crippen molar-refractivity contribution in [3.05, 3.63) is 48.8 Å². The smallest absolute Gasteiger partial charge is 0.262 e. The summed E-state index contributed by atoms with van der Waals surface area (Å²) in [6.45, 7) is 1.69. The second-order valence-corrected chi connectivity index (χ2v) is 6.52. The summed E-state index contributed by atoms with van der Waals surface area (Å²) in [7, 11) is -2.17. The first-order chi connectivity index (χ1) is 11.0. The summed E-state index contributed by atoms with van der Waals surface area (Å²) in [5.41, 5.74) is 2.17. The van der Waals surface area contributed by atoms with Crippen molar-refractivity contribution >= 4 is 15.8 Å². The largest absolute Gasteiger partial charge is 0.280 e. The molecule has 0 radical (unpaired) electrons. The number of hydrogen-bond donors (Lipinski definition) is 1. The molecule has 0 fully saturated rings. The third kappa shape index (κ3) is 3.04. The topological polar surface area (TPSA) is 103 Å². The zero-order valence-corrected chi connectivity index (χ0v) is 13.3. The first kappa shape index (κ1) is 15.1. The first-order valence-electron chi connectivity index (χ1n) is 6.70. The summed E-state index contributed by atoms with van der Waals surface area (Å²) in [5.74, 6) is 0.228. The zero-order valence-electron chi connectivity index (χ0n) is 12.5. The molecule has 0 unspecified atom stereocenters. The van der Waals surface area contributed by atoms with Crippen LogP contribution in [-0.2, 0) is 17.1 Å². The van der Waals surface area contributed by atoms with Gasteiger partial charge in [-0.05, 0) is 19.1 Å². The van der Waals surface area contributed by atoms with Crippen LogP contribution in [0.3, 0.4) is 0 Å². The maximum atomic E-state index is 12.4. The third-order valence-corrected chi connectivity index (χ3v) is 4.78. The zero-order chi connectivity index (χ0) is 16.4. The second-order valence-electron chi connectivity index (χ2n) is 4.92. The molecule has 0 saturated heterocycles. The van der Waals surface area contributed by atoms with Gasteiger partial charge in [-0.1, -0.05) is 0 Å². The van der Waals surface area contributed by atoms with E-state index in [4.69, 9.17) is 0 Å². The molecule has 0 aliphatic rings. The molecule has 9 heteroatoms. The van der Waals surface area contributed by atoms with Gasteiger partial charge in [0.25, 0.3) is 10.0 Å². The Morgan fingerprint density at radius 2 is 1.78 bits per heavy atom. The summed E-state index contributed by atoms with van der Waals surface area (Å²) in [4.78, 5) is 12.0. The van der Waals surface area contributed by atoms with Crippen LogP contribution in [0.15, 0.2) is 48.3 Å². The normalized spacial score (nSPS) is 11.4. The van der Waals surface area contributed by atoms with E-state index in [2.05, 4.69) is 24.8 Å². The van der Waals surface area contributed by atoms with Crippen molar-refractivity contribution in [1.29, 1.82) is 0 Å². The van der Waals surface area contributed by atoms with Crippen LogP contribution in [-0.4, -0.2) is 33.2 Å². The van der Waals surface area contributed by atoms with Crippen molar-refractivity contribution in [3.8, 4) is 11.1 Å². The SMILES string of the molecule is Cc1cnn(C)c1S(=O)(=O)Nc1ccc(-c2cncnc2)cn1. The fourth-order valence-electron chi connectivity index (χ4n) is 2.18. The molecular formula is C14H14N6O2S. The Morgan fingerprint density at radius 3 is 2.35 bits per heavy atom. The molecular weight excluding hydrogens is 316 g/mol. The highest BCUT2D eigenvalue weighted by atomic mass is 32.2. The first-order valence-corrected chi connectivity index (χ1v) is 8.18. The third-order valence-electron chi connectivity index (χ3n) is 3.21. The Labute approximate surface area is 133 Å². The van der Waals surface area contributed by atoms with Gasteiger partial charge in [0.05, 0.1) is 6.20 Å². The van der Waals surface area contributed by atoms with E-state index < -0.39 is 10.0 Å². The van der Waals surface area contributed by atoms with Gasteiger partial charge >= 0.3 is 0 Å². The van der Waals surface area contributed by atoms with Gasteiger partial charge < -0.3 is 0 Å². The number of aryl methyl sites for hydroxylation is 2. The van der Waals surface area contributed by atoms with Crippen molar-refractivity contribution in [2.75, 3.05) is 4.72 Å². The molecule has 0 amide bonds. The average molecular weight is 330 g/mol. The van der Waals surface area contributed by atoms with Gasteiger partial charge in [0.1, 0.15) is 12.1 Å². The van der Waals surface area contributed by atoms with E-state index in [1.165, 1.54) is 17.2 Å². The standard InChI is InChI=1S/C14H14N6O2S/c1-10-5-18-20(2)14(10)23(21,22)19-13-4-3-11(8-17-13)12-6-15-9-16-7-12/h3-9H,1-2H3,(H,17,19). The van der Waals surface area contributed by atoms with Gasteiger partial charge in [-0.25, -0.2) is 15.0 Å². The lowest BCUT2D eigenvalue weighted by molar-refractivity contribution is 0.580.